The molecule has 18 heavy (non-hydrogen) atoms. The Morgan fingerprint density at radius 2 is 2.11 bits per heavy atom. The molecule has 0 fully saturated rings. The first-order valence-electron chi connectivity index (χ1n) is 5.89. The summed E-state index contributed by atoms with van der Waals surface area (Å²) in [6, 6.07) is 4.36. The third-order valence-electron chi connectivity index (χ3n) is 2.38. The van der Waals surface area contributed by atoms with Crippen LogP contribution in [0.2, 0.25) is 0 Å². The van der Waals surface area contributed by atoms with Crippen molar-refractivity contribution in [2.24, 2.45) is 5.73 Å². The van der Waals surface area contributed by atoms with E-state index in [9.17, 15) is 9.18 Å². The Balaban J connectivity index is 2.80. The average molecular weight is 254 g/mol. The van der Waals surface area contributed by atoms with Crippen LogP contribution >= 0.6 is 0 Å². The second-order valence-electron chi connectivity index (χ2n) is 4.35. The van der Waals surface area contributed by atoms with Gasteiger partial charge in [0.1, 0.15) is 0 Å². The first kappa shape index (κ1) is 14.4. The van der Waals surface area contributed by atoms with Crippen molar-refractivity contribution in [2.45, 2.75) is 32.9 Å². The summed E-state index contributed by atoms with van der Waals surface area (Å²) < 4.78 is 19.0. The van der Waals surface area contributed by atoms with E-state index < -0.39 is 5.82 Å². The van der Waals surface area contributed by atoms with Gasteiger partial charge in [-0.1, -0.05) is 6.07 Å². The zero-order valence-electron chi connectivity index (χ0n) is 10.9. The van der Waals surface area contributed by atoms with Crippen molar-refractivity contribution in [1.29, 1.82) is 0 Å². The van der Waals surface area contributed by atoms with E-state index in [1.165, 1.54) is 6.07 Å². The highest BCUT2D eigenvalue weighted by molar-refractivity contribution is 5.78. The molecule has 0 aliphatic heterocycles. The molecule has 1 aromatic rings. The van der Waals surface area contributed by atoms with E-state index in [-0.39, 0.29) is 30.3 Å². The van der Waals surface area contributed by atoms with E-state index in [0.29, 0.717) is 5.56 Å². The van der Waals surface area contributed by atoms with Crippen molar-refractivity contribution in [1.82, 2.24) is 5.32 Å². The van der Waals surface area contributed by atoms with Crippen molar-refractivity contribution in [3.05, 3.63) is 29.6 Å². The van der Waals surface area contributed by atoms with Gasteiger partial charge in [0.05, 0.1) is 18.7 Å². The minimum Gasteiger partial charge on any atom is -0.488 e. The number of benzene rings is 1. The van der Waals surface area contributed by atoms with Gasteiger partial charge in [0.2, 0.25) is 5.91 Å². The van der Waals surface area contributed by atoms with Gasteiger partial charge in [-0.05, 0) is 38.5 Å². The summed E-state index contributed by atoms with van der Waals surface area (Å²) in [6.07, 6.45) is -0.0836. The monoisotopic (exact) mass is 254 g/mol. The molecule has 4 nitrogen and oxygen atoms in total. The predicted octanol–water partition coefficient (Wildman–Crippen LogP) is 1.75. The Kier molecular flexibility index (Phi) is 5.09. The van der Waals surface area contributed by atoms with Gasteiger partial charge in [-0.2, -0.15) is 0 Å². The van der Waals surface area contributed by atoms with Crippen LogP contribution < -0.4 is 15.8 Å². The summed E-state index contributed by atoms with van der Waals surface area (Å²) in [5.41, 5.74) is 5.87. The standard InChI is InChI=1S/C13H19FN2O2/c1-8(2)18-12-5-4-10(6-11(12)14)9(3)16-13(17)7-15/h4-6,8-9H,7,15H2,1-3H3,(H,16,17). The third-order valence-corrected chi connectivity index (χ3v) is 2.38. The van der Waals surface area contributed by atoms with Gasteiger partial charge in [-0.15, -0.1) is 0 Å². The molecule has 0 aliphatic rings. The largest absolute Gasteiger partial charge is 0.488 e. The molecule has 1 rings (SSSR count). The molecule has 0 saturated carbocycles. The molecule has 0 spiro atoms. The van der Waals surface area contributed by atoms with Crippen LogP contribution in [0.15, 0.2) is 18.2 Å². The fraction of sp³-hybridized carbons (Fsp3) is 0.462. The van der Waals surface area contributed by atoms with Crippen LogP contribution in [-0.2, 0) is 4.79 Å². The Morgan fingerprint density at radius 3 is 2.61 bits per heavy atom. The predicted molar refractivity (Wildman–Crippen MR) is 67.8 cm³/mol. The van der Waals surface area contributed by atoms with E-state index in [1.807, 2.05) is 13.8 Å². The molecular formula is C13H19FN2O2. The fourth-order valence-electron chi connectivity index (χ4n) is 1.52. The number of carbonyl (C=O) groups is 1. The van der Waals surface area contributed by atoms with Crippen LogP contribution in [0.3, 0.4) is 0 Å². The fourth-order valence-corrected chi connectivity index (χ4v) is 1.52. The normalized spacial score (nSPS) is 12.3. The Hall–Kier alpha value is -1.62. The van der Waals surface area contributed by atoms with Gasteiger partial charge in [0.25, 0.3) is 0 Å². The molecule has 0 heterocycles. The molecule has 1 unspecified atom stereocenters. The average Bonchev–Trinajstić information content (AvgIpc) is 2.30. The second-order valence-corrected chi connectivity index (χ2v) is 4.35. The third kappa shape index (κ3) is 4.00. The summed E-state index contributed by atoms with van der Waals surface area (Å²) in [5, 5.41) is 2.66. The second kappa shape index (κ2) is 6.35. The van der Waals surface area contributed by atoms with E-state index in [0.717, 1.165) is 0 Å². The van der Waals surface area contributed by atoms with Crippen LogP contribution in [0.4, 0.5) is 4.39 Å². The molecule has 0 aromatic heterocycles. The molecule has 1 atom stereocenters. The summed E-state index contributed by atoms with van der Waals surface area (Å²) in [4.78, 5) is 11.1. The lowest BCUT2D eigenvalue weighted by atomic mass is 10.1. The molecule has 1 amide bonds. The molecule has 1 aromatic carbocycles. The Labute approximate surface area is 106 Å². The van der Waals surface area contributed by atoms with Crippen molar-refractivity contribution in [3.8, 4) is 5.75 Å². The minimum absolute atomic E-state index is 0.0820. The molecule has 0 saturated heterocycles. The lowest BCUT2D eigenvalue weighted by Gasteiger charge is -2.16. The molecule has 0 radical (unpaired) electrons. The number of hydrogen-bond donors (Lipinski definition) is 2. The first-order valence-corrected chi connectivity index (χ1v) is 5.89. The van der Waals surface area contributed by atoms with Crippen LogP contribution in [0.5, 0.6) is 5.75 Å². The van der Waals surface area contributed by atoms with E-state index in [4.69, 9.17) is 10.5 Å². The number of hydrogen-bond acceptors (Lipinski definition) is 3. The molecule has 0 bridgehead atoms. The highest BCUT2D eigenvalue weighted by Gasteiger charge is 2.12. The number of carbonyl (C=O) groups excluding carboxylic acids is 1. The van der Waals surface area contributed by atoms with E-state index in [1.54, 1.807) is 19.1 Å². The summed E-state index contributed by atoms with van der Waals surface area (Å²) in [6.45, 7) is 5.35. The highest BCUT2D eigenvalue weighted by Crippen LogP contribution is 2.22. The first-order chi connectivity index (χ1) is 8.43. The maximum absolute atomic E-state index is 13.7. The van der Waals surface area contributed by atoms with Gasteiger partial charge in [0, 0.05) is 0 Å². The van der Waals surface area contributed by atoms with E-state index in [2.05, 4.69) is 5.32 Å². The zero-order chi connectivity index (χ0) is 13.7. The Bertz CT molecular complexity index is 421. The zero-order valence-corrected chi connectivity index (χ0v) is 10.9. The topological polar surface area (TPSA) is 64.3 Å². The summed E-state index contributed by atoms with van der Waals surface area (Å²) in [7, 11) is 0. The number of ether oxygens (including phenoxy) is 1. The molecular weight excluding hydrogens is 235 g/mol. The van der Waals surface area contributed by atoms with Crippen LogP contribution in [-0.4, -0.2) is 18.6 Å². The van der Waals surface area contributed by atoms with Crippen molar-refractivity contribution in [3.63, 3.8) is 0 Å². The lowest BCUT2D eigenvalue weighted by Crippen LogP contribution is -2.32. The Morgan fingerprint density at radius 1 is 1.44 bits per heavy atom. The molecule has 100 valence electrons. The number of amides is 1. The quantitative estimate of drug-likeness (QED) is 0.841. The lowest BCUT2D eigenvalue weighted by molar-refractivity contribution is -0.120. The van der Waals surface area contributed by atoms with Crippen molar-refractivity contribution >= 4 is 5.91 Å². The smallest absolute Gasteiger partial charge is 0.234 e. The van der Waals surface area contributed by atoms with Gasteiger partial charge in [-0.3, -0.25) is 4.79 Å². The van der Waals surface area contributed by atoms with Gasteiger partial charge < -0.3 is 15.8 Å². The number of rotatable bonds is 5. The van der Waals surface area contributed by atoms with Gasteiger partial charge >= 0.3 is 0 Å². The molecule has 0 aliphatic carbocycles. The van der Waals surface area contributed by atoms with Gasteiger partial charge in [-0.25, -0.2) is 4.39 Å². The number of halogens is 1. The van der Waals surface area contributed by atoms with Crippen LogP contribution in [0, 0.1) is 5.82 Å². The highest BCUT2D eigenvalue weighted by atomic mass is 19.1. The maximum Gasteiger partial charge on any atom is 0.234 e. The minimum atomic E-state index is -0.435. The molecule has 5 heteroatoms. The van der Waals surface area contributed by atoms with Crippen molar-refractivity contribution < 1.29 is 13.9 Å². The summed E-state index contributed by atoms with van der Waals surface area (Å²) >= 11 is 0. The number of nitrogens with two attached hydrogens (primary N) is 1. The van der Waals surface area contributed by atoms with Crippen LogP contribution in [0.25, 0.3) is 0 Å². The SMILES string of the molecule is CC(C)Oc1ccc(C(C)NC(=O)CN)cc1F. The van der Waals surface area contributed by atoms with Gasteiger partial charge in [0.15, 0.2) is 11.6 Å². The molecule has 3 N–H and O–H groups in total. The van der Waals surface area contributed by atoms with E-state index >= 15 is 0 Å². The van der Waals surface area contributed by atoms with Crippen molar-refractivity contribution in [2.75, 3.05) is 6.54 Å². The van der Waals surface area contributed by atoms with Crippen LogP contribution in [0.1, 0.15) is 32.4 Å². The maximum atomic E-state index is 13.7. The number of nitrogens with one attached hydrogen (secondary N) is 1. The summed E-state index contributed by atoms with van der Waals surface area (Å²) in [5.74, 6) is -0.494.